The van der Waals surface area contributed by atoms with Crippen molar-refractivity contribution in [3.05, 3.63) is 63.7 Å². The third kappa shape index (κ3) is 5.82. The Morgan fingerprint density at radius 2 is 1.21 bits per heavy atom. The molecule has 0 amide bonds. The summed E-state index contributed by atoms with van der Waals surface area (Å²) in [5, 5.41) is 0. The van der Waals surface area contributed by atoms with Gasteiger partial charge in [0.15, 0.2) is 0 Å². The van der Waals surface area contributed by atoms with Crippen molar-refractivity contribution in [3.8, 4) is 0 Å². The average Bonchev–Trinajstić information content (AvgIpc) is 2.82. The molecule has 0 N–H and O–H groups in total. The first-order chi connectivity index (χ1) is 6.30. The van der Waals surface area contributed by atoms with E-state index in [0.717, 1.165) is 0 Å². The molecule has 0 saturated heterocycles. The molecule has 2 rings (SSSR count). The van der Waals surface area contributed by atoms with Gasteiger partial charge in [-0.05, 0) is 6.92 Å². The van der Waals surface area contributed by atoms with Gasteiger partial charge in [0.2, 0.25) is 0 Å². The number of hydrogen-bond donors (Lipinski definition) is 0. The molecule has 19 radical (unpaired) electrons. The Balaban J connectivity index is 0.000000246. The molecule has 0 aromatic rings. The Kier molecular flexibility index (Phi) is 8.61. The van der Waals surface area contributed by atoms with Gasteiger partial charge in [0.1, 0.15) is 5.78 Å². The van der Waals surface area contributed by atoms with Crippen molar-refractivity contribution in [2.45, 2.75) is 6.92 Å². The molecule has 0 atom stereocenters. The summed E-state index contributed by atoms with van der Waals surface area (Å²) in [4.78, 5) is 10.4. The standard InChI is InChI=1S/C7H3O.C5.Fe/c1-6(8)7-4-2-3-5-7;1-2-4-5-3-1;/h1H3;;. The SMILES string of the molecule is CC(=O)[C]1[C][C][C][C]1.[C]1[C][C][C][C]1.[Fe]. The first-order valence-corrected chi connectivity index (χ1v) is 3.45. The molecule has 0 spiro atoms. The molecule has 2 aliphatic rings. The fraction of sp³-hybridized carbons (Fsp3) is 0.0833. The zero-order valence-corrected chi connectivity index (χ0v) is 8.37. The van der Waals surface area contributed by atoms with Crippen LogP contribution in [0.3, 0.4) is 0 Å². The minimum absolute atomic E-state index is 0. The predicted molar refractivity (Wildman–Crippen MR) is 43.1 cm³/mol. The van der Waals surface area contributed by atoms with Crippen LogP contribution in [0.5, 0.6) is 0 Å². The molecule has 0 bridgehead atoms. The van der Waals surface area contributed by atoms with E-state index in [2.05, 4.69) is 57.8 Å². The Bertz CT molecular complexity index is 139. The zero-order valence-electron chi connectivity index (χ0n) is 7.26. The van der Waals surface area contributed by atoms with Gasteiger partial charge in [-0.3, -0.25) is 4.79 Å². The van der Waals surface area contributed by atoms with Gasteiger partial charge in [-0.15, -0.1) is 0 Å². The first kappa shape index (κ1) is 14.2. The molecule has 2 aliphatic carbocycles. The van der Waals surface area contributed by atoms with Crippen LogP contribution in [0.25, 0.3) is 0 Å². The third-order valence-electron chi connectivity index (χ3n) is 1.10. The Hall–Kier alpha value is 0.189. The Labute approximate surface area is 98.5 Å². The van der Waals surface area contributed by atoms with E-state index in [-0.39, 0.29) is 22.9 Å². The van der Waals surface area contributed by atoms with Crippen molar-refractivity contribution in [2.24, 2.45) is 0 Å². The smallest absolute Gasteiger partial charge is 0.138 e. The van der Waals surface area contributed by atoms with Gasteiger partial charge in [0.25, 0.3) is 0 Å². The molecule has 0 aliphatic heterocycles. The van der Waals surface area contributed by atoms with Crippen molar-refractivity contribution in [2.75, 3.05) is 0 Å². The molecule has 2 fully saturated rings. The van der Waals surface area contributed by atoms with Crippen LogP contribution < -0.4 is 0 Å². The predicted octanol–water partition coefficient (Wildman–Crippen LogP) is 0.893. The number of carbonyl (C=O) groups excluding carboxylic acids is 1. The molecule has 65 valence electrons. The second kappa shape index (κ2) is 8.49. The fourth-order valence-corrected chi connectivity index (χ4v) is 0.551. The van der Waals surface area contributed by atoms with Gasteiger partial charge in [0, 0.05) is 74.9 Å². The molecular weight excluding hydrogens is 216 g/mol. The van der Waals surface area contributed by atoms with E-state index in [1.54, 1.807) is 0 Å². The molecule has 2 heteroatoms. The van der Waals surface area contributed by atoms with E-state index in [0.29, 0.717) is 5.92 Å². The molecule has 0 heterocycles. The number of rotatable bonds is 1. The molecule has 0 unspecified atom stereocenters. The maximum atomic E-state index is 10.4. The van der Waals surface area contributed by atoms with Crippen LogP contribution in [0.2, 0.25) is 0 Å². The fourth-order valence-electron chi connectivity index (χ4n) is 0.551. The van der Waals surface area contributed by atoms with Gasteiger partial charge in [-0.2, -0.15) is 0 Å². The van der Waals surface area contributed by atoms with E-state index >= 15 is 0 Å². The number of hydrogen-bond acceptors (Lipinski definition) is 1. The van der Waals surface area contributed by atoms with Gasteiger partial charge < -0.3 is 0 Å². The van der Waals surface area contributed by atoms with Gasteiger partial charge >= 0.3 is 0 Å². The maximum Gasteiger partial charge on any atom is 0.138 e. The van der Waals surface area contributed by atoms with E-state index in [9.17, 15) is 4.79 Å². The summed E-state index contributed by atoms with van der Waals surface area (Å²) in [5.41, 5.74) is 0. The minimum atomic E-state index is -0.0394. The van der Waals surface area contributed by atoms with Gasteiger partial charge in [-0.25, -0.2) is 0 Å². The van der Waals surface area contributed by atoms with Crippen LogP contribution >= 0.6 is 0 Å². The van der Waals surface area contributed by atoms with Crippen molar-refractivity contribution in [3.63, 3.8) is 0 Å². The minimum Gasteiger partial charge on any atom is -0.299 e. The summed E-state index contributed by atoms with van der Waals surface area (Å²) in [6, 6.07) is 0. The second-order valence-corrected chi connectivity index (χ2v) is 2.06. The number of Topliss-reactive ketones (excluding diaryl/α,β-unsaturated/α-hetero) is 1. The van der Waals surface area contributed by atoms with Gasteiger partial charge in [0.05, 0.1) is 5.92 Å². The van der Waals surface area contributed by atoms with Crippen LogP contribution in [-0.2, 0) is 21.9 Å². The summed E-state index contributed by atoms with van der Waals surface area (Å²) in [5.74, 6) is 0.396. The summed E-state index contributed by atoms with van der Waals surface area (Å²) in [7, 11) is 0. The normalized spacial score (nSPS) is 20.9. The summed E-state index contributed by atoms with van der Waals surface area (Å²) in [6.07, 6.45) is 22.6. The summed E-state index contributed by atoms with van der Waals surface area (Å²) >= 11 is 0. The Morgan fingerprint density at radius 1 is 0.857 bits per heavy atom. The molecule has 2 saturated carbocycles. The quantitative estimate of drug-likeness (QED) is 0.598. The van der Waals surface area contributed by atoms with Gasteiger partial charge in [-0.1, -0.05) is 0 Å². The molecule has 14 heavy (non-hydrogen) atoms. The average molecular weight is 219 g/mol. The topological polar surface area (TPSA) is 17.1 Å². The van der Waals surface area contributed by atoms with Crippen LogP contribution in [0.4, 0.5) is 0 Å². The second-order valence-electron chi connectivity index (χ2n) is 2.06. The third-order valence-corrected chi connectivity index (χ3v) is 1.10. The largest absolute Gasteiger partial charge is 0.299 e. The Morgan fingerprint density at radius 3 is 1.43 bits per heavy atom. The molecular formula is C12H3FeO. The van der Waals surface area contributed by atoms with Crippen LogP contribution in [0, 0.1) is 63.7 Å². The van der Waals surface area contributed by atoms with Crippen molar-refractivity contribution in [1.82, 2.24) is 0 Å². The first-order valence-electron chi connectivity index (χ1n) is 3.45. The summed E-state index contributed by atoms with van der Waals surface area (Å²) < 4.78 is 0. The zero-order chi connectivity index (χ0) is 9.52. The summed E-state index contributed by atoms with van der Waals surface area (Å²) in [6.45, 7) is 1.46. The van der Waals surface area contributed by atoms with Crippen molar-refractivity contribution in [1.29, 1.82) is 0 Å². The maximum absolute atomic E-state index is 10.4. The monoisotopic (exact) mass is 219 g/mol. The molecule has 0 aromatic heterocycles. The van der Waals surface area contributed by atoms with E-state index in [1.165, 1.54) is 6.92 Å². The van der Waals surface area contributed by atoms with E-state index in [4.69, 9.17) is 0 Å². The van der Waals surface area contributed by atoms with Crippen LogP contribution in [-0.4, -0.2) is 5.78 Å². The molecule has 1 nitrogen and oxygen atoms in total. The number of carbonyl (C=O) groups is 1. The van der Waals surface area contributed by atoms with Crippen LogP contribution in [0.1, 0.15) is 6.92 Å². The van der Waals surface area contributed by atoms with Crippen LogP contribution in [0.15, 0.2) is 0 Å². The van der Waals surface area contributed by atoms with Crippen molar-refractivity contribution >= 4 is 5.78 Å². The number of ketones is 1. The van der Waals surface area contributed by atoms with E-state index in [1.807, 2.05) is 0 Å². The van der Waals surface area contributed by atoms with Crippen molar-refractivity contribution < 1.29 is 21.9 Å². The van der Waals surface area contributed by atoms with E-state index < -0.39 is 0 Å². The molecule has 0 aromatic carbocycles.